The maximum absolute atomic E-state index is 5.77. The summed E-state index contributed by atoms with van der Waals surface area (Å²) in [7, 11) is 2.02. The molecular formula is C16H21N3O2. The van der Waals surface area contributed by atoms with Crippen LogP contribution in [0.15, 0.2) is 22.7 Å². The molecule has 0 spiro atoms. The summed E-state index contributed by atoms with van der Waals surface area (Å²) < 4.78 is 10.9. The van der Waals surface area contributed by atoms with E-state index in [1.54, 1.807) is 0 Å². The number of ether oxygens (including phenoxy) is 1. The van der Waals surface area contributed by atoms with Crippen molar-refractivity contribution >= 4 is 0 Å². The van der Waals surface area contributed by atoms with Crippen molar-refractivity contribution < 1.29 is 9.26 Å². The van der Waals surface area contributed by atoms with Gasteiger partial charge in [0, 0.05) is 12.5 Å². The second-order valence-corrected chi connectivity index (χ2v) is 5.34. The summed E-state index contributed by atoms with van der Waals surface area (Å²) in [6, 6.07) is 6.78. The minimum atomic E-state index is 0.321. The molecule has 2 aromatic rings. The lowest BCUT2D eigenvalue weighted by Crippen LogP contribution is -2.21. The lowest BCUT2D eigenvalue weighted by molar-refractivity contribution is 0.242. The second-order valence-electron chi connectivity index (χ2n) is 5.34. The topological polar surface area (TPSA) is 60.2 Å². The van der Waals surface area contributed by atoms with Gasteiger partial charge in [-0.15, -0.1) is 0 Å². The number of aromatic nitrogens is 2. The summed E-state index contributed by atoms with van der Waals surface area (Å²) in [5, 5.41) is 7.24. The summed E-state index contributed by atoms with van der Waals surface area (Å²) in [5.41, 5.74) is 2.76. The SMILES string of the molecule is CCc1noc(COc2ccc3c(c2)CCCC3NC)n1. The summed E-state index contributed by atoms with van der Waals surface area (Å²) in [6.45, 7) is 2.32. The first kappa shape index (κ1) is 14.1. The Bertz CT molecular complexity index is 609. The number of rotatable bonds is 5. The number of benzene rings is 1. The van der Waals surface area contributed by atoms with E-state index in [1.165, 1.54) is 24.0 Å². The van der Waals surface area contributed by atoms with E-state index in [-0.39, 0.29) is 0 Å². The molecule has 0 saturated heterocycles. The molecule has 0 saturated carbocycles. The van der Waals surface area contributed by atoms with Crippen LogP contribution in [-0.4, -0.2) is 17.2 Å². The highest BCUT2D eigenvalue weighted by Gasteiger charge is 2.19. The molecule has 1 unspecified atom stereocenters. The number of nitrogens with one attached hydrogen (secondary N) is 1. The molecule has 1 aliphatic rings. The third-order valence-corrected chi connectivity index (χ3v) is 3.97. The Kier molecular flexibility index (Phi) is 4.20. The van der Waals surface area contributed by atoms with Gasteiger partial charge in [0.1, 0.15) is 5.75 Å². The van der Waals surface area contributed by atoms with Gasteiger partial charge in [0.15, 0.2) is 12.4 Å². The summed E-state index contributed by atoms with van der Waals surface area (Å²) in [5.74, 6) is 2.11. The lowest BCUT2D eigenvalue weighted by atomic mass is 9.87. The van der Waals surface area contributed by atoms with E-state index in [0.717, 1.165) is 24.4 Å². The average molecular weight is 287 g/mol. The van der Waals surface area contributed by atoms with Gasteiger partial charge in [0.2, 0.25) is 0 Å². The first-order chi connectivity index (χ1) is 10.3. The van der Waals surface area contributed by atoms with Gasteiger partial charge < -0.3 is 14.6 Å². The first-order valence-corrected chi connectivity index (χ1v) is 7.54. The van der Waals surface area contributed by atoms with Gasteiger partial charge in [-0.2, -0.15) is 4.98 Å². The van der Waals surface area contributed by atoms with Crippen LogP contribution in [0.25, 0.3) is 0 Å². The Morgan fingerprint density at radius 3 is 3.10 bits per heavy atom. The predicted octanol–water partition coefficient (Wildman–Crippen LogP) is 2.81. The highest BCUT2D eigenvalue weighted by molar-refractivity contribution is 5.39. The smallest absolute Gasteiger partial charge is 0.264 e. The number of hydrogen-bond donors (Lipinski definition) is 1. The average Bonchev–Trinajstić information content (AvgIpc) is 3.00. The second kappa shape index (κ2) is 6.26. The van der Waals surface area contributed by atoms with Crippen LogP contribution in [0, 0.1) is 0 Å². The Balaban J connectivity index is 1.69. The zero-order chi connectivity index (χ0) is 14.7. The van der Waals surface area contributed by atoms with Gasteiger partial charge in [0.25, 0.3) is 5.89 Å². The van der Waals surface area contributed by atoms with Crippen LogP contribution in [0.4, 0.5) is 0 Å². The molecule has 1 aromatic carbocycles. The molecule has 3 rings (SSSR count). The molecule has 112 valence electrons. The molecule has 1 N–H and O–H groups in total. The van der Waals surface area contributed by atoms with E-state index in [4.69, 9.17) is 9.26 Å². The van der Waals surface area contributed by atoms with Crippen LogP contribution in [0.1, 0.15) is 48.6 Å². The minimum Gasteiger partial charge on any atom is -0.484 e. The first-order valence-electron chi connectivity index (χ1n) is 7.54. The van der Waals surface area contributed by atoms with Crippen molar-refractivity contribution in [2.24, 2.45) is 0 Å². The number of nitrogens with zero attached hydrogens (tertiary/aromatic N) is 2. The molecule has 1 heterocycles. The molecule has 0 fully saturated rings. The molecule has 0 amide bonds. The van der Waals surface area contributed by atoms with E-state index >= 15 is 0 Å². The Labute approximate surface area is 124 Å². The van der Waals surface area contributed by atoms with Crippen molar-refractivity contribution in [3.63, 3.8) is 0 Å². The number of aryl methyl sites for hydroxylation is 2. The molecule has 5 nitrogen and oxygen atoms in total. The van der Waals surface area contributed by atoms with Crippen LogP contribution in [-0.2, 0) is 19.4 Å². The summed E-state index contributed by atoms with van der Waals surface area (Å²) in [4.78, 5) is 4.24. The minimum absolute atomic E-state index is 0.321. The summed E-state index contributed by atoms with van der Waals surface area (Å²) >= 11 is 0. The van der Waals surface area contributed by atoms with E-state index < -0.39 is 0 Å². The lowest BCUT2D eigenvalue weighted by Gasteiger charge is -2.25. The van der Waals surface area contributed by atoms with E-state index in [2.05, 4.69) is 27.6 Å². The standard InChI is InChI=1S/C16H21N3O2/c1-3-15-18-16(21-19-15)10-20-12-7-8-13-11(9-12)5-4-6-14(13)17-2/h7-9,14,17H,3-6,10H2,1-2H3. The van der Waals surface area contributed by atoms with Crippen molar-refractivity contribution in [3.05, 3.63) is 41.0 Å². The van der Waals surface area contributed by atoms with Crippen LogP contribution in [0.3, 0.4) is 0 Å². The Morgan fingerprint density at radius 1 is 1.43 bits per heavy atom. The third-order valence-electron chi connectivity index (χ3n) is 3.97. The van der Waals surface area contributed by atoms with Gasteiger partial charge >= 0.3 is 0 Å². The van der Waals surface area contributed by atoms with E-state index in [1.807, 2.05) is 20.0 Å². The fourth-order valence-electron chi connectivity index (χ4n) is 2.82. The van der Waals surface area contributed by atoms with Crippen molar-refractivity contribution in [2.45, 2.75) is 45.3 Å². The molecule has 5 heteroatoms. The van der Waals surface area contributed by atoms with E-state index in [0.29, 0.717) is 18.5 Å². The molecule has 0 bridgehead atoms. The van der Waals surface area contributed by atoms with Crippen LogP contribution >= 0.6 is 0 Å². The van der Waals surface area contributed by atoms with Crippen LogP contribution < -0.4 is 10.1 Å². The normalized spacial score (nSPS) is 17.5. The van der Waals surface area contributed by atoms with Crippen molar-refractivity contribution in [1.82, 2.24) is 15.5 Å². The highest BCUT2D eigenvalue weighted by atomic mass is 16.5. The van der Waals surface area contributed by atoms with E-state index in [9.17, 15) is 0 Å². The molecule has 0 aliphatic heterocycles. The maximum Gasteiger partial charge on any atom is 0.264 e. The Morgan fingerprint density at radius 2 is 2.33 bits per heavy atom. The molecule has 21 heavy (non-hydrogen) atoms. The third kappa shape index (κ3) is 3.08. The van der Waals surface area contributed by atoms with Crippen LogP contribution in [0.5, 0.6) is 5.75 Å². The van der Waals surface area contributed by atoms with Crippen molar-refractivity contribution in [2.75, 3.05) is 7.05 Å². The van der Waals surface area contributed by atoms with Crippen molar-refractivity contribution in [1.29, 1.82) is 0 Å². The van der Waals surface area contributed by atoms with Gasteiger partial charge in [-0.25, -0.2) is 0 Å². The maximum atomic E-state index is 5.77. The summed E-state index contributed by atoms with van der Waals surface area (Å²) in [6.07, 6.45) is 4.30. The highest BCUT2D eigenvalue weighted by Crippen LogP contribution is 2.32. The predicted molar refractivity (Wildman–Crippen MR) is 79.2 cm³/mol. The molecule has 0 radical (unpaired) electrons. The van der Waals surface area contributed by atoms with Gasteiger partial charge in [-0.1, -0.05) is 18.1 Å². The fourth-order valence-corrected chi connectivity index (χ4v) is 2.82. The number of hydrogen-bond acceptors (Lipinski definition) is 5. The quantitative estimate of drug-likeness (QED) is 0.916. The van der Waals surface area contributed by atoms with Crippen molar-refractivity contribution in [3.8, 4) is 5.75 Å². The zero-order valence-corrected chi connectivity index (χ0v) is 12.6. The largest absolute Gasteiger partial charge is 0.484 e. The fraction of sp³-hybridized carbons (Fsp3) is 0.500. The van der Waals surface area contributed by atoms with Gasteiger partial charge in [-0.3, -0.25) is 0 Å². The molecule has 1 atom stereocenters. The molecular weight excluding hydrogens is 266 g/mol. The number of fused-ring (bicyclic) bond motifs is 1. The van der Waals surface area contributed by atoms with Gasteiger partial charge in [-0.05, 0) is 49.6 Å². The Hall–Kier alpha value is -1.88. The molecule has 1 aliphatic carbocycles. The van der Waals surface area contributed by atoms with Crippen LogP contribution in [0.2, 0.25) is 0 Å². The molecule has 1 aromatic heterocycles. The monoisotopic (exact) mass is 287 g/mol. The van der Waals surface area contributed by atoms with Gasteiger partial charge in [0.05, 0.1) is 0 Å². The zero-order valence-electron chi connectivity index (χ0n) is 12.6.